The summed E-state index contributed by atoms with van der Waals surface area (Å²) in [7, 11) is 1.56. The van der Waals surface area contributed by atoms with Crippen molar-refractivity contribution in [1.82, 2.24) is 4.90 Å². The molecule has 1 aromatic rings. The van der Waals surface area contributed by atoms with Crippen molar-refractivity contribution in [2.24, 2.45) is 0 Å². The Bertz CT molecular complexity index is 1210. The summed E-state index contributed by atoms with van der Waals surface area (Å²) in [5, 5.41) is 22.0. The number of unbranched alkanes of at least 4 members (excludes halogenated alkanes) is 1. The summed E-state index contributed by atoms with van der Waals surface area (Å²) in [5.74, 6) is 0.0271. The van der Waals surface area contributed by atoms with Gasteiger partial charge in [0.05, 0.1) is 37.2 Å². The highest BCUT2D eigenvalue weighted by Crippen LogP contribution is 2.55. The third kappa shape index (κ3) is 5.98. The lowest BCUT2D eigenvalue weighted by atomic mass is 9.77. The fourth-order valence-electron chi connectivity index (χ4n) is 7.02. The first-order valence-corrected chi connectivity index (χ1v) is 15.3. The van der Waals surface area contributed by atoms with Gasteiger partial charge < -0.3 is 33.9 Å². The summed E-state index contributed by atoms with van der Waals surface area (Å²) in [6, 6.07) is 4.02. The van der Waals surface area contributed by atoms with Crippen LogP contribution in [0.3, 0.4) is 0 Å². The van der Waals surface area contributed by atoms with Crippen molar-refractivity contribution in [1.29, 1.82) is 0 Å². The van der Waals surface area contributed by atoms with E-state index in [1.54, 1.807) is 21.0 Å². The van der Waals surface area contributed by atoms with E-state index >= 15 is 0 Å². The molecule has 5 rings (SSSR count). The van der Waals surface area contributed by atoms with Crippen LogP contribution in [0.15, 0.2) is 24.0 Å². The highest BCUT2D eigenvalue weighted by Gasteiger charge is 2.59. The zero-order valence-corrected chi connectivity index (χ0v) is 25.3. The molecule has 10 nitrogen and oxygen atoms in total. The molecule has 2 N–H and O–H groups in total. The van der Waals surface area contributed by atoms with Crippen molar-refractivity contribution in [3.05, 3.63) is 35.1 Å². The van der Waals surface area contributed by atoms with Gasteiger partial charge in [-0.3, -0.25) is 9.69 Å². The number of ether oxygens (including phenoxy) is 5. The lowest BCUT2D eigenvalue weighted by Gasteiger charge is -2.39. The van der Waals surface area contributed by atoms with Crippen molar-refractivity contribution >= 4 is 11.9 Å². The van der Waals surface area contributed by atoms with E-state index in [0.29, 0.717) is 36.5 Å². The molecule has 0 bridgehead atoms. The van der Waals surface area contributed by atoms with Gasteiger partial charge in [-0.1, -0.05) is 13.3 Å². The molecule has 1 spiro atoms. The molecular weight excluding hydrogens is 542 g/mol. The average Bonchev–Trinajstić information content (AvgIpc) is 3.61. The van der Waals surface area contributed by atoms with Gasteiger partial charge >= 0.3 is 11.9 Å². The second-order valence-corrected chi connectivity index (χ2v) is 12.7. The number of fused-ring (bicyclic) bond motifs is 3. The number of carbonyl (C=O) groups is 2. The number of aliphatic hydroxyl groups is 2. The van der Waals surface area contributed by atoms with Crippen LogP contribution in [0, 0.1) is 0 Å². The maximum absolute atomic E-state index is 14.0. The molecule has 0 aromatic heterocycles. The second-order valence-electron chi connectivity index (χ2n) is 12.7. The van der Waals surface area contributed by atoms with Gasteiger partial charge in [0.25, 0.3) is 0 Å². The summed E-state index contributed by atoms with van der Waals surface area (Å²) >= 11 is 0. The zero-order chi connectivity index (χ0) is 30.1. The molecule has 1 aromatic carbocycles. The van der Waals surface area contributed by atoms with Crippen molar-refractivity contribution in [2.45, 2.75) is 107 Å². The second kappa shape index (κ2) is 12.1. The molecule has 1 saturated heterocycles. The Hall–Kier alpha value is -2.82. The largest absolute Gasteiger partial charge is 0.497 e. The summed E-state index contributed by atoms with van der Waals surface area (Å²) < 4.78 is 28.8. The van der Waals surface area contributed by atoms with Gasteiger partial charge in [-0.15, -0.1) is 0 Å². The van der Waals surface area contributed by atoms with Crippen LogP contribution in [0.2, 0.25) is 0 Å². The summed E-state index contributed by atoms with van der Waals surface area (Å²) in [5.41, 5.74) is -1.42. The molecule has 3 heterocycles. The number of hydrogen-bond acceptors (Lipinski definition) is 10. The average molecular weight is 588 g/mol. The smallest absolute Gasteiger partial charge is 0.339 e. The number of carbonyl (C=O) groups excluding carboxylic acids is 2. The Morgan fingerprint density at radius 1 is 1.12 bits per heavy atom. The number of rotatable bonds is 12. The fraction of sp³-hybridized carbons (Fsp3) is 0.688. The zero-order valence-electron chi connectivity index (χ0n) is 25.3. The van der Waals surface area contributed by atoms with E-state index in [2.05, 4.69) is 11.0 Å². The number of hydrogen-bond donors (Lipinski definition) is 2. The summed E-state index contributed by atoms with van der Waals surface area (Å²) in [6.07, 6.45) is 5.53. The van der Waals surface area contributed by atoms with E-state index in [1.807, 2.05) is 19.1 Å². The van der Waals surface area contributed by atoms with Gasteiger partial charge in [0, 0.05) is 6.54 Å². The Morgan fingerprint density at radius 2 is 1.88 bits per heavy atom. The minimum atomic E-state index is -2.12. The predicted octanol–water partition coefficient (Wildman–Crippen LogP) is 3.75. The summed E-state index contributed by atoms with van der Waals surface area (Å²) in [6.45, 7) is 7.44. The molecule has 232 valence electrons. The minimum absolute atomic E-state index is 0.0609. The van der Waals surface area contributed by atoms with Crippen molar-refractivity contribution in [3.63, 3.8) is 0 Å². The van der Waals surface area contributed by atoms with Gasteiger partial charge in [0.15, 0.2) is 23.2 Å². The van der Waals surface area contributed by atoms with Crippen LogP contribution in [-0.4, -0.2) is 83.5 Å². The maximum atomic E-state index is 14.0. The maximum Gasteiger partial charge on any atom is 0.339 e. The van der Waals surface area contributed by atoms with Crippen molar-refractivity contribution in [3.8, 4) is 11.5 Å². The van der Waals surface area contributed by atoms with E-state index in [0.717, 1.165) is 49.9 Å². The predicted molar refractivity (Wildman–Crippen MR) is 153 cm³/mol. The molecule has 4 atom stereocenters. The van der Waals surface area contributed by atoms with Gasteiger partial charge in [-0.05, 0) is 94.7 Å². The first-order chi connectivity index (χ1) is 20.0. The van der Waals surface area contributed by atoms with E-state index in [9.17, 15) is 19.8 Å². The molecule has 10 heteroatoms. The molecule has 1 aliphatic carbocycles. The Balaban J connectivity index is 1.46. The summed E-state index contributed by atoms with van der Waals surface area (Å²) in [4.78, 5) is 29.2. The highest BCUT2D eigenvalue weighted by atomic mass is 16.7. The molecule has 0 amide bonds. The highest BCUT2D eigenvalue weighted by molar-refractivity contribution is 5.86. The topological polar surface area (TPSA) is 124 Å². The standard InChI is InChI=1S/C32H45NO9/c1-5-6-15-39-26(34)19-32(37,12-7-10-30(2,3)36)29(35)42-28-25(38-4)18-31-11-8-13-33(31)14-9-21-16-23-24(41-20-40-23)17-22(21)27(28)31/h16-18,27-28,36-37H,5-15,19-20H2,1-4H3/t27-,28?,31+,32-/m1/s1. The Labute approximate surface area is 247 Å². The van der Waals surface area contributed by atoms with Crippen LogP contribution in [0.4, 0.5) is 0 Å². The third-order valence-corrected chi connectivity index (χ3v) is 9.15. The first kappa shape index (κ1) is 30.6. The van der Waals surface area contributed by atoms with E-state index in [4.69, 9.17) is 23.7 Å². The quantitative estimate of drug-likeness (QED) is 0.276. The molecule has 42 heavy (non-hydrogen) atoms. The first-order valence-electron chi connectivity index (χ1n) is 15.3. The van der Waals surface area contributed by atoms with Crippen LogP contribution in [-0.2, 0) is 30.2 Å². The minimum Gasteiger partial charge on any atom is -0.497 e. The molecule has 3 aliphatic heterocycles. The number of esters is 2. The van der Waals surface area contributed by atoms with Gasteiger partial charge in [0.1, 0.15) is 5.76 Å². The van der Waals surface area contributed by atoms with Crippen LogP contribution in [0.5, 0.6) is 11.5 Å². The normalized spacial score (nSPS) is 25.9. The van der Waals surface area contributed by atoms with Crippen molar-refractivity contribution < 1.29 is 43.5 Å². The van der Waals surface area contributed by atoms with Crippen LogP contribution >= 0.6 is 0 Å². The SMILES string of the molecule is CCCCOC(=O)C[C@](O)(CCCC(C)(C)O)C(=O)OC1C(OC)=C[C@]23CCCN2CCc2cc4c(cc2[C@H]13)OCO4. The number of benzene rings is 1. The lowest BCUT2D eigenvalue weighted by molar-refractivity contribution is -0.179. The molecule has 1 fully saturated rings. The van der Waals surface area contributed by atoms with E-state index in [-0.39, 0.29) is 25.7 Å². The molecule has 0 radical (unpaired) electrons. The molecule has 0 saturated carbocycles. The van der Waals surface area contributed by atoms with Crippen molar-refractivity contribution in [2.75, 3.05) is 33.6 Å². The van der Waals surface area contributed by atoms with Gasteiger partial charge in [-0.25, -0.2) is 4.79 Å². The monoisotopic (exact) mass is 587 g/mol. The number of methoxy groups -OCH3 is 1. The van der Waals surface area contributed by atoms with Crippen LogP contribution < -0.4 is 9.47 Å². The number of nitrogens with zero attached hydrogens (tertiary/aromatic N) is 1. The third-order valence-electron chi connectivity index (χ3n) is 9.15. The van der Waals surface area contributed by atoms with Gasteiger partial charge in [0.2, 0.25) is 6.79 Å². The van der Waals surface area contributed by atoms with Crippen LogP contribution in [0.1, 0.15) is 89.2 Å². The molecule has 1 unspecified atom stereocenters. The van der Waals surface area contributed by atoms with E-state index < -0.39 is 41.2 Å². The molecule has 4 aliphatic rings. The molecular formula is C32H45NO9. The van der Waals surface area contributed by atoms with E-state index in [1.165, 1.54) is 0 Å². The Morgan fingerprint density at radius 3 is 2.60 bits per heavy atom. The Kier molecular flexibility index (Phi) is 8.79. The fourth-order valence-corrected chi connectivity index (χ4v) is 7.02. The van der Waals surface area contributed by atoms with Crippen LogP contribution in [0.25, 0.3) is 0 Å². The van der Waals surface area contributed by atoms with Gasteiger partial charge in [-0.2, -0.15) is 0 Å². The lowest BCUT2D eigenvalue weighted by Crippen LogP contribution is -2.49.